The predicted octanol–water partition coefficient (Wildman–Crippen LogP) is 4.75. The zero-order valence-electron chi connectivity index (χ0n) is 26.0. The number of hydrogen-bond acceptors (Lipinski definition) is 6. The van der Waals surface area contributed by atoms with E-state index in [2.05, 4.69) is 16.7 Å². The lowest BCUT2D eigenvalue weighted by molar-refractivity contribution is -0.159. The van der Waals surface area contributed by atoms with Gasteiger partial charge >= 0.3 is 12.1 Å². The minimum absolute atomic E-state index is 0.154. The van der Waals surface area contributed by atoms with Crippen LogP contribution in [0.2, 0.25) is 0 Å². The van der Waals surface area contributed by atoms with Gasteiger partial charge in [-0.2, -0.15) is 0 Å². The summed E-state index contributed by atoms with van der Waals surface area (Å²) in [5, 5.41) is 5.28. The van der Waals surface area contributed by atoms with Gasteiger partial charge in [-0.1, -0.05) is 55.0 Å². The number of terminal acetylenes is 1. The maximum atomic E-state index is 14.1. The molecule has 0 aliphatic carbocycles. The Hall–Kier alpha value is -4.32. The Bertz CT molecular complexity index is 1320. The first kappa shape index (κ1) is 33.9. The van der Waals surface area contributed by atoms with Gasteiger partial charge in [-0.3, -0.25) is 14.5 Å². The minimum atomic E-state index is -1.31. The van der Waals surface area contributed by atoms with Crippen molar-refractivity contribution in [3.63, 3.8) is 0 Å². The molecule has 3 unspecified atom stereocenters. The molecule has 0 saturated carbocycles. The summed E-state index contributed by atoms with van der Waals surface area (Å²) in [7, 11) is 0. The molecule has 2 aromatic rings. The monoisotopic (exact) mass is 577 g/mol. The van der Waals surface area contributed by atoms with Crippen molar-refractivity contribution in [1.82, 2.24) is 15.5 Å². The number of hydrogen-bond donors (Lipinski definition) is 2. The highest BCUT2D eigenvalue weighted by Gasteiger charge is 2.37. The first-order chi connectivity index (χ1) is 19.4. The minimum Gasteiger partial charge on any atom is -0.458 e. The molecule has 2 aromatic carbocycles. The van der Waals surface area contributed by atoms with E-state index in [9.17, 15) is 19.2 Å². The molecule has 0 aliphatic heterocycles. The molecule has 3 atom stereocenters. The fourth-order valence-corrected chi connectivity index (χ4v) is 4.15. The topological polar surface area (TPSA) is 114 Å². The van der Waals surface area contributed by atoms with Crippen LogP contribution in [-0.4, -0.2) is 52.1 Å². The van der Waals surface area contributed by atoms with Crippen LogP contribution in [-0.2, 0) is 30.3 Å². The van der Waals surface area contributed by atoms with Crippen LogP contribution >= 0.6 is 0 Å². The van der Waals surface area contributed by atoms with Crippen LogP contribution in [0.25, 0.3) is 0 Å². The first-order valence-corrected chi connectivity index (χ1v) is 13.9. The number of nitrogens with one attached hydrogen (secondary N) is 2. The van der Waals surface area contributed by atoms with Gasteiger partial charge in [0.1, 0.15) is 29.3 Å². The molecular weight excluding hydrogens is 534 g/mol. The van der Waals surface area contributed by atoms with Gasteiger partial charge < -0.3 is 20.1 Å². The number of alkyl carbamates (subject to hydrolysis) is 1. The Morgan fingerprint density at radius 1 is 0.881 bits per heavy atom. The van der Waals surface area contributed by atoms with E-state index < -0.39 is 53.2 Å². The average molecular weight is 578 g/mol. The van der Waals surface area contributed by atoms with Crippen LogP contribution < -0.4 is 10.6 Å². The SMILES string of the molecule is C#CN(C(=O)C(C)NC(=O)OC(C)(C)C)C(C(=O)NC(Cc1ccccc1)C(=O)OC(C)(C)C)c1cccc(C)c1C. The Labute approximate surface area is 249 Å². The lowest BCUT2D eigenvalue weighted by Gasteiger charge is -2.32. The summed E-state index contributed by atoms with van der Waals surface area (Å²) in [6, 6.07) is 13.4. The number of benzene rings is 2. The highest BCUT2D eigenvalue weighted by molar-refractivity contribution is 5.95. The normalized spacial score (nSPS) is 13.5. The second-order valence-corrected chi connectivity index (χ2v) is 12.2. The largest absolute Gasteiger partial charge is 0.458 e. The third-order valence-corrected chi connectivity index (χ3v) is 6.22. The molecule has 9 heteroatoms. The quantitative estimate of drug-likeness (QED) is 0.253. The van der Waals surface area contributed by atoms with E-state index in [4.69, 9.17) is 15.9 Å². The summed E-state index contributed by atoms with van der Waals surface area (Å²) >= 11 is 0. The highest BCUT2D eigenvalue weighted by atomic mass is 16.6. The molecule has 9 nitrogen and oxygen atoms in total. The van der Waals surface area contributed by atoms with Gasteiger partial charge in [0.05, 0.1) is 0 Å². The predicted molar refractivity (Wildman–Crippen MR) is 161 cm³/mol. The summed E-state index contributed by atoms with van der Waals surface area (Å²) in [5.74, 6) is -2.01. The van der Waals surface area contributed by atoms with Crippen molar-refractivity contribution in [3.8, 4) is 12.5 Å². The number of aryl methyl sites for hydroxylation is 1. The zero-order valence-corrected chi connectivity index (χ0v) is 26.0. The highest BCUT2D eigenvalue weighted by Crippen LogP contribution is 2.27. The van der Waals surface area contributed by atoms with Gasteiger partial charge in [0.15, 0.2) is 0 Å². The maximum Gasteiger partial charge on any atom is 0.408 e. The van der Waals surface area contributed by atoms with E-state index in [1.54, 1.807) is 53.7 Å². The number of amides is 3. The second-order valence-electron chi connectivity index (χ2n) is 12.2. The van der Waals surface area contributed by atoms with Crippen molar-refractivity contribution in [2.75, 3.05) is 0 Å². The number of rotatable bonds is 9. The molecule has 0 spiro atoms. The third-order valence-electron chi connectivity index (χ3n) is 6.22. The molecule has 2 rings (SSSR count). The van der Waals surface area contributed by atoms with Gasteiger partial charge in [-0.15, -0.1) is 0 Å². The number of carbonyl (C=O) groups is 4. The third kappa shape index (κ3) is 9.95. The summed E-state index contributed by atoms with van der Waals surface area (Å²) in [5.41, 5.74) is 1.32. The van der Waals surface area contributed by atoms with Crippen molar-refractivity contribution in [2.24, 2.45) is 0 Å². The van der Waals surface area contributed by atoms with Crippen LogP contribution in [0, 0.1) is 26.3 Å². The summed E-state index contributed by atoms with van der Waals surface area (Å²) in [4.78, 5) is 54.3. The molecule has 2 N–H and O–H groups in total. The molecule has 42 heavy (non-hydrogen) atoms. The lowest BCUT2D eigenvalue weighted by atomic mass is 9.95. The molecule has 226 valence electrons. The van der Waals surface area contributed by atoms with E-state index in [1.807, 2.05) is 50.2 Å². The standard InChI is InChI=1S/C33H43N3O6/c1-11-36(29(38)23(4)34-31(40)42-33(8,9)10)27(25-19-15-16-21(2)22(25)3)28(37)35-26(30(39)41-32(5,6)7)20-24-17-13-12-14-18-24/h1,12-19,23,26-27H,20H2,2-10H3,(H,34,40)(H,35,37). The van der Waals surface area contributed by atoms with E-state index in [0.29, 0.717) is 5.56 Å². The zero-order chi connectivity index (χ0) is 31.8. The number of esters is 1. The fraction of sp³-hybridized carbons (Fsp3) is 0.455. The molecule has 0 radical (unpaired) electrons. The lowest BCUT2D eigenvalue weighted by Crippen LogP contribution is -2.53. The van der Waals surface area contributed by atoms with Crippen LogP contribution in [0.15, 0.2) is 48.5 Å². The van der Waals surface area contributed by atoms with Crippen molar-refractivity contribution >= 4 is 23.9 Å². The summed E-state index contributed by atoms with van der Waals surface area (Å²) < 4.78 is 10.9. The first-order valence-electron chi connectivity index (χ1n) is 13.9. The van der Waals surface area contributed by atoms with Crippen molar-refractivity contribution in [1.29, 1.82) is 0 Å². The molecule has 0 aromatic heterocycles. The summed E-state index contributed by atoms with van der Waals surface area (Å²) in [6.07, 6.45) is 5.19. The van der Waals surface area contributed by atoms with E-state index in [0.717, 1.165) is 21.6 Å². The van der Waals surface area contributed by atoms with E-state index in [1.165, 1.54) is 6.92 Å². The van der Waals surface area contributed by atoms with Crippen molar-refractivity contribution < 1.29 is 28.7 Å². The van der Waals surface area contributed by atoms with Gasteiger partial charge in [-0.25, -0.2) is 9.59 Å². The molecule has 0 bridgehead atoms. The maximum absolute atomic E-state index is 14.1. The Morgan fingerprint density at radius 2 is 1.48 bits per heavy atom. The van der Waals surface area contributed by atoms with E-state index >= 15 is 0 Å². The fourth-order valence-electron chi connectivity index (χ4n) is 4.15. The number of nitrogens with zero attached hydrogens (tertiary/aromatic N) is 1. The van der Waals surface area contributed by atoms with Gasteiger partial charge in [0.25, 0.3) is 5.91 Å². The molecule has 0 aliphatic rings. The number of carbonyl (C=O) groups excluding carboxylic acids is 4. The average Bonchev–Trinajstić information content (AvgIpc) is 2.86. The second kappa shape index (κ2) is 14.0. The molecule has 0 fully saturated rings. The number of ether oxygens (including phenoxy) is 2. The van der Waals surface area contributed by atoms with Crippen LogP contribution in [0.5, 0.6) is 0 Å². The molecular formula is C33H43N3O6. The van der Waals surface area contributed by atoms with E-state index in [-0.39, 0.29) is 6.42 Å². The molecule has 3 amide bonds. The Kier molecular flexibility index (Phi) is 11.3. The Balaban J connectivity index is 2.51. The van der Waals surface area contributed by atoms with Gasteiger partial charge in [0, 0.05) is 12.5 Å². The van der Waals surface area contributed by atoms with Crippen molar-refractivity contribution in [2.45, 2.75) is 98.1 Å². The van der Waals surface area contributed by atoms with Crippen LogP contribution in [0.4, 0.5) is 4.79 Å². The van der Waals surface area contributed by atoms with Crippen LogP contribution in [0.1, 0.15) is 76.8 Å². The molecule has 0 saturated heterocycles. The van der Waals surface area contributed by atoms with Crippen molar-refractivity contribution in [3.05, 3.63) is 70.8 Å². The van der Waals surface area contributed by atoms with Gasteiger partial charge in [0.2, 0.25) is 5.91 Å². The summed E-state index contributed by atoms with van der Waals surface area (Å²) in [6.45, 7) is 15.5. The Morgan fingerprint density at radius 3 is 2.02 bits per heavy atom. The van der Waals surface area contributed by atoms with Crippen LogP contribution in [0.3, 0.4) is 0 Å². The molecule has 0 heterocycles. The smallest absolute Gasteiger partial charge is 0.408 e. The van der Waals surface area contributed by atoms with Gasteiger partial charge in [-0.05, 0) is 84.6 Å².